The standard InChI is InChI=1S/C56H35N3/c1-2-18-40(19-3-1)57-50-24-10-8-22-43(50)45-30-33-54-55(56(45)57)47-35-39(29-32-53(47)59(54)49-27-13-17-37-15-5-7-21-42(37)49)38-28-31-52-46(34-38)44-23-9-11-25-51(44)58(52)48-26-12-16-36-14-4-6-20-41(36)48/h1-35H. The molecular weight excluding hydrogens is 715 g/mol. The van der Waals surface area contributed by atoms with Gasteiger partial charge in [0.2, 0.25) is 0 Å². The number of fused-ring (bicyclic) bond motifs is 12. The monoisotopic (exact) mass is 749 g/mol. The molecule has 0 radical (unpaired) electrons. The van der Waals surface area contributed by atoms with Crippen LogP contribution in [-0.2, 0) is 0 Å². The van der Waals surface area contributed by atoms with E-state index in [1.807, 2.05) is 0 Å². The average Bonchev–Trinajstić information content (AvgIpc) is 3.94. The van der Waals surface area contributed by atoms with Gasteiger partial charge in [0.25, 0.3) is 0 Å². The fourth-order valence-corrected chi connectivity index (χ4v) is 10.1. The van der Waals surface area contributed by atoms with Gasteiger partial charge >= 0.3 is 0 Å². The second-order valence-corrected chi connectivity index (χ2v) is 15.7. The van der Waals surface area contributed by atoms with Crippen molar-refractivity contribution in [3.8, 4) is 28.2 Å². The lowest BCUT2D eigenvalue weighted by Gasteiger charge is -2.12. The Morgan fingerprint density at radius 3 is 1.37 bits per heavy atom. The highest BCUT2D eigenvalue weighted by atomic mass is 15.0. The van der Waals surface area contributed by atoms with Crippen LogP contribution < -0.4 is 0 Å². The van der Waals surface area contributed by atoms with Crippen LogP contribution in [0.4, 0.5) is 0 Å². The summed E-state index contributed by atoms with van der Waals surface area (Å²) in [5, 5.41) is 12.4. The van der Waals surface area contributed by atoms with Crippen molar-refractivity contribution in [3.63, 3.8) is 0 Å². The smallest absolute Gasteiger partial charge is 0.0641 e. The highest BCUT2D eigenvalue weighted by molar-refractivity contribution is 6.27. The van der Waals surface area contributed by atoms with E-state index in [0.717, 1.165) is 5.69 Å². The normalized spacial score (nSPS) is 12.1. The Morgan fingerprint density at radius 1 is 0.254 bits per heavy atom. The molecule has 0 bridgehead atoms. The van der Waals surface area contributed by atoms with E-state index in [1.165, 1.54) is 109 Å². The predicted octanol–water partition coefficient (Wildman–Crippen LogP) is 15.0. The molecule has 59 heavy (non-hydrogen) atoms. The Kier molecular flexibility index (Phi) is 6.72. The van der Waals surface area contributed by atoms with Crippen LogP contribution in [0.5, 0.6) is 0 Å². The first kappa shape index (κ1) is 32.2. The van der Waals surface area contributed by atoms with Gasteiger partial charge in [-0.05, 0) is 88.6 Å². The molecule has 0 aliphatic heterocycles. The Balaban J connectivity index is 1.13. The Morgan fingerprint density at radius 2 is 0.712 bits per heavy atom. The van der Waals surface area contributed by atoms with Gasteiger partial charge in [-0.3, -0.25) is 0 Å². The number of hydrogen-bond donors (Lipinski definition) is 0. The highest BCUT2D eigenvalue weighted by Crippen LogP contribution is 2.44. The third kappa shape index (κ3) is 4.58. The summed E-state index contributed by atoms with van der Waals surface area (Å²) < 4.78 is 7.40. The van der Waals surface area contributed by atoms with E-state index in [0.29, 0.717) is 0 Å². The minimum absolute atomic E-state index is 1.15. The molecule has 0 N–H and O–H groups in total. The van der Waals surface area contributed by atoms with Crippen LogP contribution in [0.25, 0.3) is 115 Å². The van der Waals surface area contributed by atoms with E-state index in [-0.39, 0.29) is 0 Å². The lowest BCUT2D eigenvalue weighted by molar-refractivity contribution is 1.18. The molecule has 3 heterocycles. The zero-order valence-electron chi connectivity index (χ0n) is 32.0. The van der Waals surface area contributed by atoms with Gasteiger partial charge in [0.05, 0.1) is 44.5 Å². The lowest BCUT2D eigenvalue weighted by Crippen LogP contribution is -1.96. The summed E-state index contributed by atoms with van der Waals surface area (Å²) in [5.41, 5.74) is 13.1. The van der Waals surface area contributed by atoms with E-state index in [4.69, 9.17) is 0 Å². The third-order valence-electron chi connectivity index (χ3n) is 12.6. The summed E-state index contributed by atoms with van der Waals surface area (Å²) >= 11 is 0. The van der Waals surface area contributed by atoms with Crippen LogP contribution in [0.1, 0.15) is 0 Å². The van der Waals surface area contributed by atoms with Crippen molar-refractivity contribution in [2.75, 3.05) is 0 Å². The molecule has 0 unspecified atom stereocenters. The number of nitrogens with zero attached hydrogens (tertiary/aromatic N) is 3. The molecule has 13 rings (SSSR count). The zero-order valence-corrected chi connectivity index (χ0v) is 32.0. The first-order valence-corrected chi connectivity index (χ1v) is 20.4. The average molecular weight is 750 g/mol. The maximum Gasteiger partial charge on any atom is 0.0641 e. The van der Waals surface area contributed by atoms with Gasteiger partial charge in [0.1, 0.15) is 0 Å². The largest absolute Gasteiger partial charge is 0.309 e. The Labute approximate surface area is 339 Å². The fraction of sp³-hybridized carbons (Fsp3) is 0. The van der Waals surface area contributed by atoms with Crippen molar-refractivity contribution >= 4 is 87.0 Å². The van der Waals surface area contributed by atoms with Crippen LogP contribution in [0.2, 0.25) is 0 Å². The van der Waals surface area contributed by atoms with Crippen LogP contribution in [0.3, 0.4) is 0 Å². The van der Waals surface area contributed by atoms with Crippen molar-refractivity contribution in [1.29, 1.82) is 0 Å². The fourth-order valence-electron chi connectivity index (χ4n) is 10.1. The van der Waals surface area contributed by atoms with Crippen molar-refractivity contribution in [2.24, 2.45) is 0 Å². The molecule has 3 heteroatoms. The van der Waals surface area contributed by atoms with E-state index in [9.17, 15) is 0 Å². The summed E-state index contributed by atoms with van der Waals surface area (Å²) in [7, 11) is 0. The summed E-state index contributed by atoms with van der Waals surface area (Å²) in [4.78, 5) is 0. The quantitative estimate of drug-likeness (QED) is 0.170. The van der Waals surface area contributed by atoms with Gasteiger partial charge in [-0.2, -0.15) is 0 Å². The van der Waals surface area contributed by atoms with E-state index in [1.54, 1.807) is 0 Å². The van der Waals surface area contributed by atoms with Crippen LogP contribution >= 0.6 is 0 Å². The van der Waals surface area contributed by atoms with Crippen LogP contribution in [-0.4, -0.2) is 13.7 Å². The number of benzene rings is 10. The molecule has 13 aromatic rings. The summed E-state index contributed by atoms with van der Waals surface area (Å²) in [5.74, 6) is 0. The van der Waals surface area contributed by atoms with Crippen molar-refractivity contribution in [3.05, 3.63) is 212 Å². The van der Waals surface area contributed by atoms with E-state index in [2.05, 4.69) is 226 Å². The van der Waals surface area contributed by atoms with Gasteiger partial charge in [0.15, 0.2) is 0 Å². The molecule has 0 amide bonds. The minimum Gasteiger partial charge on any atom is -0.309 e. The molecule has 0 atom stereocenters. The molecule has 3 aromatic heterocycles. The Hall–Kier alpha value is -7.88. The molecule has 0 aliphatic carbocycles. The van der Waals surface area contributed by atoms with Crippen LogP contribution in [0.15, 0.2) is 212 Å². The second-order valence-electron chi connectivity index (χ2n) is 15.7. The maximum atomic E-state index is 2.49. The molecule has 0 fully saturated rings. The van der Waals surface area contributed by atoms with Crippen LogP contribution in [0, 0.1) is 0 Å². The first-order chi connectivity index (χ1) is 29.3. The first-order valence-electron chi connectivity index (χ1n) is 20.4. The second kappa shape index (κ2) is 12.3. The van der Waals surface area contributed by atoms with Crippen molar-refractivity contribution in [1.82, 2.24) is 13.7 Å². The lowest BCUT2D eigenvalue weighted by atomic mass is 10.00. The summed E-state index contributed by atoms with van der Waals surface area (Å²) in [6, 6.07) is 78.0. The van der Waals surface area contributed by atoms with E-state index < -0.39 is 0 Å². The van der Waals surface area contributed by atoms with Gasteiger partial charge in [-0.25, -0.2) is 0 Å². The van der Waals surface area contributed by atoms with Gasteiger partial charge in [0, 0.05) is 48.8 Å². The third-order valence-corrected chi connectivity index (χ3v) is 12.6. The summed E-state index contributed by atoms with van der Waals surface area (Å²) in [6.07, 6.45) is 0. The molecule has 0 saturated heterocycles. The molecule has 0 saturated carbocycles. The highest BCUT2D eigenvalue weighted by Gasteiger charge is 2.22. The van der Waals surface area contributed by atoms with Crippen molar-refractivity contribution < 1.29 is 0 Å². The minimum atomic E-state index is 1.15. The summed E-state index contributed by atoms with van der Waals surface area (Å²) in [6.45, 7) is 0. The predicted molar refractivity (Wildman–Crippen MR) is 250 cm³/mol. The Bertz CT molecular complexity index is 3830. The van der Waals surface area contributed by atoms with Gasteiger partial charge in [-0.15, -0.1) is 0 Å². The van der Waals surface area contributed by atoms with Gasteiger partial charge in [-0.1, -0.05) is 146 Å². The van der Waals surface area contributed by atoms with E-state index >= 15 is 0 Å². The zero-order chi connectivity index (χ0) is 38.6. The topological polar surface area (TPSA) is 14.8 Å². The number of para-hydroxylation sites is 3. The molecule has 274 valence electrons. The van der Waals surface area contributed by atoms with Crippen molar-refractivity contribution in [2.45, 2.75) is 0 Å². The molecule has 3 nitrogen and oxygen atoms in total. The molecule has 0 aliphatic rings. The molecule has 0 spiro atoms. The van der Waals surface area contributed by atoms with Gasteiger partial charge < -0.3 is 13.7 Å². The molecule has 10 aromatic carbocycles. The number of hydrogen-bond acceptors (Lipinski definition) is 0. The number of aromatic nitrogens is 3. The SMILES string of the molecule is c1ccc(-n2c3ccccc3c3ccc4c(c5cc(-c6ccc7c(c6)c6ccccc6n7-c6cccc7ccccc67)ccc5n4-c4cccc5ccccc45)c32)cc1. The number of rotatable bonds is 4. The molecular formula is C56H35N3. The maximum absolute atomic E-state index is 2.49.